The van der Waals surface area contributed by atoms with Crippen molar-refractivity contribution in [3.63, 3.8) is 0 Å². The van der Waals surface area contributed by atoms with Crippen LogP contribution in [0.15, 0.2) is 36.8 Å². The average Bonchev–Trinajstić information content (AvgIpc) is 3.04. The molecule has 7 heteroatoms. The molecule has 0 saturated heterocycles. The van der Waals surface area contributed by atoms with Crippen LogP contribution in [0.4, 0.5) is 0 Å². The Kier molecular flexibility index (Phi) is 2.96. The predicted molar refractivity (Wildman–Crippen MR) is 73.6 cm³/mol. The summed E-state index contributed by atoms with van der Waals surface area (Å²) >= 11 is 0. The highest BCUT2D eigenvalue weighted by Crippen LogP contribution is 2.17. The number of carbonyl (C=O) groups excluding carboxylic acids is 1. The molecular weight excluding hydrogens is 256 g/mol. The first-order valence-electron chi connectivity index (χ1n) is 6.21. The third-order valence-electron chi connectivity index (χ3n) is 3.07. The number of hydrogen-bond acceptors (Lipinski definition) is 4. The van der Waals surface area contributed by atoms with Crippen molar-refractivity contribution in [2.24, 2.45) is 11.5 Å². The SMILES string of the molecule is NCCc1c(-n2cc(C(N)=O)cn2)nc2ccccn12. The molecule has 0 saturated carbocycles. The number of aromatic nitrogens is 4. The van der Waals surface area contributed by atoms with E-state index in [1.165, 1.54) is 6.20 Å². The molecule has 0 bridgehead atoms. The molecule has 0 fully saturated rings. The van der Waals surface area contributed by atoms with Crippen molar-refractivity contribution in [3.05, 3.63) is 48.0 Å². The van der Waals surface area contributed by atoms with Gasteiger partial charge in [0.2, 0.25) is 0 Å². The normalized spacial score (nSPS) is 11.1. The van der Waals surface area contributed by atoms with Crippen molar-refractivity contribution in [3.8, 4) is 5.82 Å². The summed E-state index contributed by atoms with van der Waals surface area (Å²) < 4.78 is 3.52. The molecule has 0 atom stereocenters. The first-order chi connectivity index (χ1) is 9.70. The van der Waals surface area contributed by atoms with E-state index < -0.39 is 5.91 Å². The fourth-order valence-electron chi connectivity index (χ4n) is 2.15. The minimum atomic E-state index is -0.514. The Morgan fingerprint density at radius 2 is 2.20 bits per heavy atom. The molecule has 3 aromatic heterocycles. The minimum Gasteiger partial charge on any atom is -0.366 e. The fraction of sp³-hybridized carbons (Fsp3) is 0.154. The van der Waals surface area contributed by atoms with E-state index in [9.17, 15) is 4.79 Å². The highest BCUT2D eigenvalue weighted by atomic mass is 16.1. The number of amides is 1. The van der Waals surface area contributed by atoms with Crippen LogP contribution in [0.5, 0.6) is 0 Å². The van der Waals surface area contributed by atoms with Crippen molar-refractivity contribution in [1.82, 2.24) is 19.2 Å². The van der Waals surface area contributed by atoms with Gasteiger partial charge in [0.25, 0.3) is 5.91 Å². The van der Waals surface area contributed by atoms with Gasteiger partial charge in [-0.25, -0.2) is 9.67 Å². The average molecular weight is 270 g/mol. The van der Waals surface area contributed by atoms with Gasteiger partial charge in [0.15, 0.2) is 5.82 Å². The standard InChI is InChI=1S/C13H14N6O/c14-5-4-10-13(17-11-3-1-2-6-18(10)11)19-8-9(7-16-19)12(15)20/h1-3,6-8H,4-5,14H2,(H2,15,20). The molecule has 7 nitrogen and oxygen atoms in total. The second kappa shape index (κ2) is 4.78. The summed E-state index contributed by atoms with van der Waals surface area (Å²) in [4.78, 5) is 15.7. The number of carbonyl (C=O) groups is 1. The maximum atomic E-state index is 11.2. The van der Waals surface area contributed by atoms with E-state index in [1.807, 2.05) is 28.8 Å². The lowest BCUT2D eigenvalue weighted by molar-refractivity contribution is 0.100. The molecule has 1 amide bonds. The Morgan fingerprint density at radius 3 is 2.90 bits per heavy atom. The first kappa shape index (κ1) is 12.4. The van der Waals surface area contributed by atoms with Crippen LogP contribution in [0.1, 0.15) is 16.1 Å². The van der Waals surface area contributed by atoms with Gasteiger partial charge in [-0.3, -0.25) is 4.79 Å². The molecule has 20 heavy (non-hydrogen) atoms. The minimum absolute atomic E-state index is 0.348. The van der Waals surface area contributed by atoms with Gasteiger partial charge in [-0.05, 0) is 18.7 Å². The van der Waals surface area contributed by atoms with E-state index in [2.05, 4.69) is 10.1 Å². The molecule has 0 radical (unpaired) electrons. The molecule has 3 heterocycles. The van der Waals surface area contributed by atoms with Crippen LogP contribution < -0.4 is 11.5 Å². The van der Waals surface area contributed by atoms with E-state index in [4.69, 9.17) is 11.5 Å². The second-order valence-corrected chi connectivity index (χ2v) is 4.39. The predicted octanol–water partition coefficient (Wildman–Crippen LogP) is 0.120. The smallest absolute Gasteiger partial charge is 0.251 e. The summed E-state index contributed by atoms with van der Waals surface area (Å²) in [5.41, 5.74) is 13.0. The molecular formula is C13H14N6O. The molecule has 0 aliphatic rings. The lowest BCUT2D eigenvalue weighted by Gasteiger charge is -2.02. The van der Waals surface area contributed by atoms with E-state index in [0.717, 1.165) is 11.3 Å². The van der Waals surface area contributed by atoms with Gasteiger partial charge in [0.1, 0.15) is 5.65 Å². The number of fused-ring (bicyclic) bond motifs is 1. The first-order valence-corrected chi connectivity index (χ1v) is 6.21. The summed E-state index contributed by atoms with van der Waals surface area (Å²) in [6, 6.07) is 5.74. The summed E-state index contributed by atoms with van der Waals surface area (Å²) in [5.74, 6) is 0.148. The quantitative estimate of drug-likeness (QED) is 0.702. The fourth-order valence-corrected chi connectivity index (χ4v) is 2.15. The maximum Gasteiger partial charge on any atom is 0.251 e. The van der Waals surface area contributed by atoms with Crippen LogP contribution in [0.2, 0.25) is 0 Å². The van der Waals surface area contributed by atoms with Crippen molar-refractivity contribution < 1.29 is 4.79 Å². The Labute approximate surface area is 114 Å². The number of nitrogens with two attached hydrogens (primary N) is 2. The number of primary amides is 1. The van der Waals surface area contributed by atoms with Gasteiger partial charge in [0.05, 0.1) is 17.5 Å². The molecule has 0 aliphatic carbocycles. The zero-order valence-corrected chi connectivity index (χ0v) is 10.7. The van der Waals surface area contributed by atoms with Gasteiger partial charge in [-0.2, -0.15) is 5.10 Å². The number of hydrogen-bond donors (Lipinski definition) is 2. The van der Waals surface area contributed by atoms with E-state index >= 15 is 0 Å². The molecule has 0 spiro atoms. The Morgan fingerprint density at radius 1 is 1.35 bits per heavy atom. The molecule has 4 N–H and O–H groups in total. The topological polar surface area (TPSA) is 104 Å². The summed E-state index contributed by atoms with van der Waals surface area (Å²) in [5, 5.41) is 4.15. The number of nitrogens with zero attached hydrogens (tertiary/aromatic N) is 4. The van der Waals surface area contributed by atoms with Crippen molar-refractivity contribution in [2.45, 2.75) is 6.42 Å². The van der Waals surface area contributed by atoms with Crippen LogP contribution in [0.3, 0.4) is 0 Å². The van der Waals surface area contributed by atoms with Gasteiger partial charge in [-0.1, -0.05) is 6.07 Å². The number of rotatable bonds is 4. The van der Waals surface area contributed by atoms with Crippen LogP contribution in [0.25, 0.3) is 11.5 Å². The van der Waals surface area contributed by atoms with Gasteiger partial charge >= 0.3 is 0 Å². The maximum absolute atomic E-state index is 11.2. The van der Waals surface area contributed by atoms with Crippen molar-refractivity contribution in [1.29, 1.82) is 0 Å². The largest absolute Gasteiger partial charge is 0.366 e. The molecule has 3 rings (SSSR count). The molecule has 0 aliphatic heterocycles. The third-order valence-corrected chi connectivity index (χ3v) is 3.07. The molecule has 102 valence electrons. The lowest BCUT2D eigenvalue weighted by atomic mass is 10.3. The highest BCUT2D eigenvalue weighted by Gasteiger charge is 2.15. The van der Waals surface area contributed by atoms with Gasteiger partial charge in [-0.15, -0.1) is 0 Å². The number of pyridine rings is 1. The van der Waals surface area contributed by atoms with E-state index in [-0.39, 0.29) is 0 Å². The molecule has 3 aromatic rings. The zero-order chi connectivity index (χ0) is 14.1. The van der Waals surface area contributed by atoms with Crippen LogP contribution in [-0.2, 0) is 6.42 Å². The molecule has 0 aromatic carbocycles. The summed E-state index contributed by atoms with van der Waals surface area (Å²) in [7, 11) is 0. The lowest BCUT2D eigenvalue weighted by Crippen LogP contribution is -2.10. The molecule has 0 unspecified atom stereocenters. The van der Waals surface area contributed by atoms with Gasteiger partial charge < -0.3 is 15.9 Å². The van der Waals surface area contributed by atoms with Crippen LogP contribution in [0, 0.1) is 0 Å². The Bertz CT molecular complexity index is 772. The van der Waals surface area contributed by atoms with Crippen LogP contribution in [-0.4, -0.2) is 31.6 Å². The van der Waals surface area contributed by atoms with Crippen molar-refractivity contribution in [2.75, 3.05) is 6.54 Å². The van der Waals surface area contributed by atoms with E-state index in [1.54, 1.807) is 10.9 Å². The highest BCUT2D eigenvalue weighted by molar-refractivity contribution is 5.92. The van der Waals surface area contributed by atoms with Gasteiger partial charge in [0, 0.05) is 18.8 Å². The number of imidazole rings is 1. The van der Waals surface area contributed by atoms with E-state index in [0.29, 0.717) is 24.3 Å². The second-order valence-electron chi connectivity index (χ2n) is 4.39. The summed E-state index contributed by atoms with van der Waals surface area (Å²) in [6.07, 6.45) is 5.59. The summed E-state index contributed by atoms with van der Waals surface area (Å²) in [6.45, 7) is 0.500. The Hall–Kier alpha value is -2.67. The third kappa shape index (κ3) is 1.94. The van der Waals surface area contributed by atoms with Crippen molar-refractivity contribution >= 4 is 11.6 Å². The monoisotopic (exact) mass is 270 g/mol. The zero-order valence-electron chi connectivity index (χ0n) is 10.7. The Balaban J connectivity index is 2.18. The van der Waals surface area contributed by atoms with Crippen LogP contribution >= 0.6 is 0 Å².